The number of ether oxygens (including phenoxy) is 3. The van der Waals surface area contributed by atoms with Crippen molar-refractivity contribution in [3.05, 3.63) is 109 Å². The first-order chi connectivity index (χ1) is 22.8. The normalized spacial score (nSPS) is 21.3. The van der Waals surface area contributed by atoms with Gasteiger partial charge in [0.2, 0.25) is 0 Å². The van der Waals surface area contributed by atoms with Gasteiger partial charge in [-0.05, 0) is 57.2 Å². The predicted octanol–water partition coefficient (Wildman–Crippen LogP) is 5.27. The zero-order valence-corrected chi connectivity index (χ0v) is 26.2. The van der Waals surface area contributed by atoms with Crippen LogP contribution in [0.25, 0.3) is 11.2 Å². The van der Waals surface area contributed by atoms with Gasteiger partial charge < -0.3 is 29.7 Å². The third-order valence-electron chi connectivity index (χ3n) is 8.34. The van der Waals surface area contributed by atoms with Crippen LogP contribution in [-0.4, -0.2) is 68.5 Å². The molecule has 2 aromatic heterocycles. The molecule has 12 nitrogen and oxygen atoms in total. The number of hydrogen-bond donors (Lipinski definition) is 2. The minimum Gasteiger partial charge on any atom is -0.367 e. The highest BCUT2D eigenvalue weighted by Crippen LogP contribution is 2.44. The maximum atomic E-state index is 13.0. The van der Waals surface area contributed by atoms with Crippen LogP contribution in [0.5, 0.6) is 0 Å². The number of carbonyl (C=O) groups excluding carboxylic acids is 2. The number of para-hydroxylation sites is 2. The van der Waals surface area contributed by atoms with Crippen LogP contribution in [0.15, 0.2) is 97.6 Å². The lowest BCUT2D eigenvalue weighted by molar-refractivity contribution is -0.195. The van der Waals surface area contributed by atoms with E-state index in [9.17, 15) is 9.59 Å². The standard InChI is InChI=1S/C35H35N7O5/c1-4-41(25-18-12-11-17-24(25)39-32(43)22-13-7-5-8-14-22)19-26-28-29(47-35(2,3)46-28)34(45-26)42-21-38-27-30(36-20-37-31(27)42)40-33(44)23-15-9-6-10-16-23/h5-18,20-21,26,28-29,34H,4,19H2,1-3H3,(H,39,43)(H,36,37,40,44)/t26?,28-,29?,34-/m1/s1. The van der Waals surface area contributed by atoms with Crippen molar-refractivity contribution in [2.75, 3.05) is 28.6 Å². The van der Waals surface area contributed by atoms with Gasteiger partial charge in [-0.2, -0.15) is 0 Å². The molecule has 240 valence electrons. The van der Waals surface area contributed by atoms with Gasteiger partial charge in [-0.3, -0.25) is 14.2 Å². The van der Waals surface area contributed by atoms with E-state index in [-0.39, 0.29) is 11.8 Å². The fourth-order valence-electron chi connectivity index (χ4n) is 6.18. The number of nitrogens with one attached hydrogen (secondary N) is 2. The van der Waals surface area contributed by atoms with Crippen LogP contribution >= 0.6 is 0 Å². The van der Waals surface area contributed by atoms with E-state index in [0.717, 1.165) is 5.69 Å². The van der Waals surface area contributed by atoms with Crippen molar-refractivity contribution in [1.82, 2.24) is 19.5 Å². The summed E-state index contributed by atoms with van der Waals surface area (Å²) in [5.74, 6) is -1.03. The molecular weight excluding hydrogens is 598 g/mol. The van der Waals surface area contributed by atoms with E-state index >= 15 is 0 Å². The third-order valence-corrected chi connectivity index (χ3v) is 8.34. The Morgan fingerprint density at radius 3 is 2.17 bits per heavy atom. The highest BCUT2D eigenvalue weighted by atomic mass is 16.8. The van der Waals surface area contributed by atoms with Crippen LogP contribution in [0.1, 0.15) is 47.7 Å². The molecule has 4 atom stereocenters. The minimum absolute atomic E-state index is 0.186. The number of fused-ring (bicyclic) bond motifs is 2. The molecule has 2 fully saturated rings. The second kappa shape index (κ2) is 12.6. The van der Waals surface area contributed by atoms with Gasteiger partial charge in [0.15, 0.2) is 29.0 Å². The molecule has 0 saturated carbocycles. The molecule has 2 amide bonds. The first kappa shape index (κ1) is 30.5. The van der Waals surface area contributed by atoms with E-state index in [2.05, 4.69) is 37.4 Å². The summed E-state index contributed by atoms with van der Waals surface area (Å²) in [5, 5.41) is 5.93. The Morgan fingerprint density at radius 2 is 1.47 bits per heavy atom. The van der Waals surface area contributed by atoms with Gasteiger partial charge in [0.1, 0.15) is 24.6 Å². The number of benzene rings is 3. The number of rotatable bonds is 9. The summed E-state index contributed by atoms with van der Waals surface area (Å²) in [6.45, 7) is 6.94. The molecule has 2 saturated heterocycles. The second-order valence-electron chi connectivity index (χ2n) is 11.9. The van der Waals surface area contributed by atoms with Gasteiger partial charge in [0.25, 0.3) is 11.8 Å². The molecular formula is C35H35N7O5. The predicted molar refractivity (Wildman–Crippen MR) is 176 cm³/mol. The van der Waals surface area contributed by atoms with Crippen LogP contribution in [0.4, 0.5) is 17.2 Å². The first-order valence-electron chi connectivity index (χ1n) is 15.6. The number of nitrogens with zero attached hydrogens (tertiary/aromatic N) is 5. The molecule has 2 N–H and O–H groups in total. The molecule has 0 radical (unpaired) electrons. The largest absolute Gasteiger partial charge is 0.367 e. The molecule has 4 heterocycles. The number of amides is 2. The Kier molecular flexibility index (Phi) is 8.14. The summed E-state index contributed by atoms with van der Waals surface area (Å²) in [6, 6.07) is 25.7. The smallest absolute Gasteiger partial charge is 0.256 e. The van der Waals surface area contributed by atoms with Gasteiger partial charge in [-0.25, -0.2) is 15.0 Å². The maximum absolute atomic E-state index is 13.0. The zero-order valence-electron chi connectivity index (χ0n) is 26.2. The number of anilines is 3. The Bertz CT molecular complexity index is 1900. The van der Waals surface area contributed by atoms with Crippen LogP contribution in [0, 0.1) is 0 Å². The van der Waals surface area contributed by atoms with E-state index in [1.54, 1.807) is 42.7 Å². The molecule has 0 bridgehead atoms. The molecule has 0 aliphatic carbocycles. The second-order valence-corrected chi connectivity index (χ2v) is 11.9. The summed E-state index contributed by atoms with van der Waals surface area (Å²) >= 11 is 0. The molecule has 7 rings (SSSR count). The zero-order chi connectivity index (χ0) is 32.5. The topological polar surface area (TPSA) is 133 Å². The van der Waals surface area contributed by atoms with Crippen molar-refractivity contribution in [2.24, 2.45) is 0 Å². The number of aromatic nitrogens is 4. The number of hydrogen-bond acceptors (Lipinski definition) is 9. The van der Waals surface area contributed by atoms with Gasteiger partial charge in [0.05, 0.1) is 17.7 Å². The Balaban J connectivity index is 1.15. The summed E-state index contributed by atoms with van der Waals surface area (Å²) in [5.41, 5.74) is 3.55. The molecule has 5 aromatic rings. The van der Waals surface area contributed by atoms with E-state index in [4.69, 9.17) is 14.2 Å². The van der Waals surface area contributed by atoms with Crippen molar-refractivity contribution >= 4 is 40.2 Å². The number of carbonyl (C=O) groups is 2. The lowest BCUT2D eigenvalue weighted by Crippen LogP contribution is -2.40. The Labute approximate surface area is 271 Å². The molecule has 2 unspecified atom stereocenters. The van der Waals surface area contributed by atoms with E-state index < -0.39 is 30.3 Å². The van der Waals surface area contributed by atoms with Gasteiger partial charge in [0, 0.05) is 24.2 Å². The van der Waals surface area contributed by atoms with E-state index in [1.807, 2.05) is 66.9 Å². The van der Waals surface area contributed by atoms with Crippen LogP contribution in [0.2, 0.25) is 0 Å². The summed E-state index contributed by atoms with van der Waals surface area (Å²) in [4.78, 5) is 41.5. The minimum atomic E-state index is -0.839. The summed E-state index contributed by atoms with van der Waals surface area (Å²) in [7, 11) is 0. The number of likely N-dealkylation sites (N-methyl/N-ethyl adjacent to an activating group) is 1. The van der Waals surface area contributed by atoms with Crippen LogP contribution < -0.4 is 15.5 Å². The highest BCUT2D eigenvalue weighted by molar-refractivity contribution is 6.07. The van der Waals surface area contributed by atoms with Crippen molar-refractivity contribution in [2.45, 2.75) is 51.1 Å². The molecule has 0 spiro atoms. The molecule has 2 aliphatic heterocycles. The van der Waals surface area contributed by atoms with E-state index in [1.165, 1.54) is 6.33 Å². The fraction of sp³-hybridized carbons (Fsp3) is 0.286. The fourth-order valence-corrected chi connectivity index (χ4v) is 6.18. The molecule has 3 aromatic carbocycles. The summed E-state index contributed by atoms with van der Waals surface area (Å²) < 4.78 is 21.3. The monoisotopic (exact) mass is 633 g/mol. The number of imidazole rings is 1. The van der Waals surface area contributed by atoms with Crippen LogP contribution in [-0.2, 0) is 14.2 Å². The maximum Gasteiger partial charge on any atom is 0.256 e. The van der Waals surface area contributed by atoms with E-state index in [0.29, 0.717) is 46.9 Å². The summed E-state index contributed by atoms with van der Waals surface area (Å²) in [6.07, 6.45) is 1.14. The van der Waals surface area contributed by atoms with Gasteiger partial charge >= 0.3 is 0 Å². The first-order valence-corrected chi connectivity index (χ1v) is 15.6. The average molecular weight is 634 g/mol. The third kappa shape index (κ3) is 6.06. The average Bonchev–Trinajstić information content (AvgIpc) is 3.76. The van der Waals surface area contributed by atoms with Crippen molar-refractivity contribution < 1.29 is 23.8 Å². The van der Waals surface area contributed by atoms with Gasteiger partial charge in [-0.1, -0.05) is 48.5 Å². The highest BCUT2D eigenvalue weighted by Gasteiger charge is 2.56. The molecule has 2 aliphatic rings. The quantitative estimate of drug-likeness (QED) is 0.223. The van der Waals surface area contributed by atoms with Gasteiger partial charge in [-0.15, -0.1) is 0 Å². The van der Waals surface area contributed by atoms with Crippen molar-refractivity contribution in [1.29, 1.82) is 0 Å². The molecule has 12 heteroatoms. The Morgan fingerprint density at radius 1 is 0.830 bits per heavy atom. The lowest BCUT2D eigenvalue weighted by atomic mass is 10.1. The Hall–Kier alpha value is -5.17. The van der Waals surface area contributed by atoms with Crippen molar-refractivity contribution in [3.8, 4) is 0 Å². The lowest BCUT2D eigenvalue weighted by Gasteiger charge is -2.31. The SMILES string of the molecule is CCN(CC1O[C@@H](n2cnc3c(NC(=O)c4ccccc4)ncnc32)C2OC(C)(C)O[C@H]12)c1ccccc1NC(=O)c1ccccc1. The van der Waals surface area contributed by atoms with Crippen molar-refractivity contribution in [3.63, 3.8) is 0 Å². The molecule has 47 heavy (non-hydrogen) atoms. The van der Waals surface area contributed by atoms with Crippen LogP contribution in [0.3, 0.4) is 0 Å².